The van der Waals surface area contributed by atoms with Gasteiger partial charge in [-0.3, -0.25) is 0 Å². The standard InChI is InChI=1S/C25H27N3O2S/c1-20-26-19-24(18-22-10-6-3-7-11-22)25(27-20)23-12-15-28(16-13-23)31(29,30)17-14-21-8-4-2-5-9-21/h2-11,14,17,19,23H,12-13,15-16,18H2,1H3. The van der Waals surface area contributed by atoms with Crippen LogP contribution in [0.4, 0.5) is 0 Å². The van der Waals surface area contributed by atoms with Crippen molar-refractivity contribution in [1.29, 1.82) is 0 Å². The van der Waals surface area contributed by atoms with E-state index >= 15 is 0 Å². The molecule has 2 aromatic carbocycles. The highest BCUT2D eigenvalue weighted by Crippen LogP contribution is 2.31. The molecule has 31 heavy (non-hydrogen) atoms. The third kappa shape index (κ3) is 5.46. The summed E-state index contributed by atoms with van der Waals surface area (Å²) >= 11 is 0. The highest BCUT2D eigenvalue weighted by molar-refractivity contribution is 7.92. The Morgan fingerprint density at radius 1 is 1.00 bits per heavy atom. The van der Waals surface area contributed by atoms with Crippen molar-refractivity contribution in [2.24, 2.45) is 0 Å². The van der Waals surface area contributed by atoms with Crippen LogP contribution in [-0.2, 0) is 16.4 Å². The molecule has 2 heterocycles. The maximum absolute atomic E-state index is 12.8. The predicted octanol–water partition coefficient (Wildman–Crippen LogP) is 4.56. The molecule has 1 aromatic heterocycles. The summed E-state index contributed by atoms with van der Waals surface area (Å²) in [6.45, 7) is 2.91. The third-order valence-electron chi connectivity index (χ3n) is 5.69. The Kier molecular flexibility index (Phi) is 6.59. The van der Waals surface area contributed by atoms with E-state index in [1.165, 1.54) is 11.0 Å². The first-order chi connectivity index (χ1) is 15.0. The Hall–Kier alpha value is -2.83. The summed E-state index contributed by atoms with van der Waals surface area (Å²) in [7, 11) is -3.43. The zero-order valence-electron chi connectivity index (χ0n) is 17.7. The zero-order chi connectivity index (χ0) is 21.7. The molecule has 0 N–H and O–H groups in total. The molecule has 1 saturated heterocycles. The lowest BCUT2D eigenvalue weighted by molar-refractivity contribution is 0.318. The summed E-state index contributed by atoms with van der Waals surface area (Å²) in [5, 5.41) is 1.32. The Morgan fingerprint density at radius 2 is 1.65 bits per heavy atom. The normalized spacial score (nSPS) is 16.0. The van der Waals surface area contributed by atoms with Crippen LogP contribution in [0.5, 0.6) is 0 Å². The van der Waals surface area contributed by atoms with E-state index in [2.05, 4.69) is 17.1 Å². The Balaban J connectivity index is 1.46. The van der Waals surface area contributed by atoms with Gasteiger partial charge in [-0.1, -0.05) is 60.7 Å². The van der Waals surface area contributed by atoms with Crippen LogP contribution in [0.2, 0.25) is 0 Å². The monoisotopic (exact) mass is 433 g/mol. The topological polar surface area (TPSA) is 63.2 Å². The SMILES string of the molecule is Cc1ncc(Cc2ccccc2)c(C2CCN(S(=O)(=O)C=Cc3ccccc3)CC2)n1. The van der Waals surface area contributed by atoms with Gasteiger partial charge in [0.1, 0.15) is 5.82 Å². The smallest absolute Gasteiger partial charge is 0.236 e. The second-order valence-corrected chi connectivity index (χ2v) is 9.74. The zero-order valence-corrected chi connectivity index (χ0v) is 18.5. The number of benzene rings is 2. The lowest BCUT2D eigenvalue weighted by atomic mass is 9.90. The molecule has 0 saturated carbocycles. The van der Waals surface area contributed by atoms with Gasteiger partial charge in [-0.05, 0) is 42.5 Å². The Morgan fingerprint density at radius 3 is 2.32 bits per heavy atom. The van der Waals surface area contributed by atoms with Crippen molar-refractivity contribution >= 4 is 16.1 Å². The van der Waals surface area contributed by atoms with Crippen molar-refractivity contribution in [3.63, 3.8) is 0 Å². The van der Waals surface area contributed by atoms with Gasteiger partial charge in [0.05, 0.1) is 5.69 Å². The molecule has 6 heteroatoms. The van der Waals surface area contributed by atoms with E-state index in [-0.39, 0.29) is 5.92 Å². The number of sulfonamides is 1. The molecule has 1 aliphatic rings. The van der Waals surface area contributed by atoms with E-state index < -0.39 is 10.0 Å². The van der Waals surface area contributed by atoms with Crippen LogP contribution in [0, 0.1) is 6.92 Å². The van der Waals surface area contributed by atoms with Crippen LogP contribution in [0.15, 0.2) is 72.3 Å². The second-order valence-electron chi connectivity index (χ2n) is 7.92. The molecule has 0 aliphatic carbocycles. The van der Waals surface area contributed by atoms with Crippen molar-refractivity contribution < 1.29 is 8.42 Å². The molecular formula is C25H27N3O2S. The van der Waals surface area contributed by atoms with E-state index in [1.807, 2.05) is 61.7 Å². The molecule has 0 spiro atoms. The maximum atomic E-state index is 12.8. The molecule has 0 amide bonds. The first kappa shape index (κ1) is 21.4. The fourth-order valence-electron chi connectivity index (χ4n) is 4.02. The van der Waals surface area contributed by atoms with E-state index in [9.17, 15) is 8.42 Å². The Labute approximate surface area is 184 Å². The van der Waals surface area contributed by atoms with Crippen molar-refractivity contribution in [2.75, 3.05) is 13.1 Å². The third-order valence-corrected chi connectivity index (χ3v) is 7.25. The average molecular weight is 434 g/mol. The molecular weight excluding hydrogens is 406 g/mol. The van der Waals surface area contributed by atoms with Crippen LogP contribution in [0.25, 0.3) is 6.08 Å². The summed E-state index contributed by atoms with van der Waals surface area (Å²) in [5.74, 6) is 0.998. The summed E-state index contributed by atoms with van der Waals surface area (Å²) in [6.07, 6.45) is 5.89. The van der Waals surface area contributed by atoms with Crippen LogP contribution in [-0.4, -0.2) is 35.8 Å². The van der Waals surface area contributed by atoms with Crippen molar-refractivity contribution in [1.82, 2.24) is 14.3 Å². The number of hydrogen-bond donors (Lipinski definition) is 0. The molecule has 3 aromatic rings. The molecule has 5 nitrogen and oxygen atoms in total. The van der Waals surface area contributed by atoms with E-state index in [0.29, 0.717) is 13.1 Å². The largest absolute Gasteiger partial charge is 0.241 e. The van der Waals surface area contributed by atoms with Crippen LogP contribution in [0.1, 0.15) is 47.0 Å². The summed E-state index contributed by atoms with van der Waals surface area (Å²) in [6, 6.07) is 19.8. The molecule has 0 bridgehead atoms. The molecule has 1 fully saturated rings. The van der Waals surface area contributed by atoms with Crippen molar-refractivity contribution in [2.45, 2.75) is 32.1 Å². The van der Waals surface area contributed by atoms with Crippen LogP contribution in [0.3, 0.4) is 0 Å². The first-order valence-corrected chi connectivity index (χ1v) is 12.1. The highest BCUT2D eigenvalue weighted by atomic mass is 32.2. The van der Waals surface area contributed by atoms with Crippen molar-refractivity contribution in [3.8, 4) is 0 Å². The van der Waals surface area contributed by atoms with Gasteiger partial charge in [0.15, 0.2) is 0 Å². The molecule has 0 atom stereocenters. The van der Waals surface area contributed by atoms with Crippen LogP contribution >= 0.6 is 0 Å². The predicted molar refractivity (Wildman–Crippen MR) is 124 cm³/mol. The minimum atomic E-state index is -3.43. The summed E-state index contributed by atoms with van der Waals surface area (Å²) in [5.41, 5.74) is 4.29. The van der Waals surface area contributed by atoms with Crippen LogP contribution < -0.4 is 0 Å². The Bertz CT molecular complexity index is 1140. The number of hydrogen-bond acceptors (Lipinski definition) is 4. The van der Waals surface area contributed by atoms with Crippen molar-refractivity contribution in [3.05, 3.63) is 100 Å². The lowest BCUT2D eigenvalue weighted by Gasteiger charge is -2.31. The van der Waals surface area contributed by atoms with Gasteiger partial charge in [-0.25, -0.2) is 18.4 Å². The second kappa shape index (κ2) is 9.54. The molecule has 0 unspecified atom stereocenters. The number of aryl methyl sites for hydroxylation is 1. The fourth-order valence-corrected chi connectivity index (χ4v) is 5.24. The minimum Gasteiger partial charge on any atom is -0.241 e. The minimum absolute atomic E-state index is 0.241. The molecule has 0 radical (unpaired) electrons. The summed E-state index contributed by atoms with van der Waals surface area (Å²) < 4.78 is 27.1. The highest BCUT2D eigenvalue weighted by Gasteiger charge is 2.29. The van der Waals surface area contributed by atoms with Gasteiger partial charge in [-0.2, -0.15) is 4.31 Å². The summed E-state index contributed by atoms with van der Waals surface area (Å²) in [4.78, 5) is 9.17. The van der Waals surface area contributed by atoms with Gasteiger partial charge in [0.2, 0.25) is 10.0 Å². The maximum Gasteiger partial charge on any atom is 0.236 e. The van der Waals surface area contributed by atoms with E-state index in [1.54, 1.807) is 10.4 Å². The van der Waals surface area contributed by atoms with Gasteiger partial charge < -0.3 is 0 Å². The lowest BCUT2D eigenvalue weighted by Crippen LogP contribution is -2.37. The van der Waals surface area contributed by atoms with E-state index in [4.69, 9.17) is 4.98 Å². The number of piperidine rings is 1. The van der Waals surface area contributed by atoms with Gasteiger partial charge in [0.25, 0.3) is 0 Å². The molecule has 1 aliphatic heterocycles. The molecule has 4 rings (SSSR count). The van der Waals surface area contributed by atoms with Gasteiger partial charge >= 0.3 is 0 Å². The first-order valence-electron chi connectivity index (χ1n) is 10.6. The van der Waals surface area contributed by atoms with Gasteiger partial charge in [-0.15, -0.1) is 0 Å². The quantitative estimate of drug-likeness (QED) is 0.572. The molecule has 160 valence electrons. The average Bonchev–Trinajstić information content (AvgIpc) is 2.80. The number of aromatic nitrogens is 2. The number of rotatable bonds is 6. The number of nitrogens with zero attached hydrogens (tertiary/aromatic N) is 3. The van der Waals surface area contributed by atoms with Gasteiger partial charge in [0, 0.05) is 37.0 Å². The van der Waals surface area contributed by atoms with E-state index in [0.717, 1.165) is 41.9 Å². The fraction of sp³-hybridized carbons (Fsp3) is 0.280.